The Morgan fingerprint density at radius 2 is 2.26 bits per heavy atom. The summed E-state index contributed by atoms with van der Waals surface area (Å²) in [6, 6.07) is -0.599. The Morgan fingerprint density at radius 3 is 2.74 bits per heavy atom. The number of aryl methyl sites for hydroxylation is 1. The molecule has 2 amide bonds. The van der Waals surface area contributed by atoms with Crippen LogP contribution in [0.2, 0.25) is 0 Å². The van der Waals surface area contributed by atoms with Gasteiger partial charge in [-0.1, -0.05) is 0 Å². The fraction of sp³-hybridized carbons (Fsp3) is 0.636. The van der Waals surface area contributed by atoms with Gasteiger partial charge >= 0.3 is 12.0 Å². The Balaban J connectivity index is 2.57. The molecular formula is C11H19N5O3. The molecule has 0 aliphatic carbocycles. The summed E-state index contributed by atoms with van der Waals surface area (Å²) in [5.41, 5.74) is 0. The van der Waals surface area contributed by atoms with Crippen LogP contribution in [0.5, 0.6) is 0 Å². The maximum Gasteiger partial charge on any atom is 0.317 e. The van der Waals surface area contributed by atoms with E-state index in [0.717, 1.165) is 0 Å². The minimum absolute atomic E-state index is 0.0698. The molecule has 1 aromatic heterocycles. The van der Waals surface area contributed by atoms with Crippen molar-refractivity contribution in [3.63, 3.8) is 0 Å². The summed E-state index contributed by atoms with van der Waals surface area (Å²) < 4.78 is 1.72. The first-order valence-electron chi connectivity index (χ1n) is 6.06. The zero-order valence-electron chi connectivity index (χ0n) is 11.3. The number of carboxylic acids is 1. The lowest BCUT2D eigenvalue weighted by atomic mass is 10.3. The van der Waals surface area contributed by atoms with Gasteiger partial charge in [-0.2, -0.15) is 0 Å². The second-order valence-corrected chi connectivity index (χ2v) is 4.19. The summed E-state index contributed by atoms with van der Waals surface area (Å²) in [5, 5.41) is 19.1. The third kappa shape index (κ3) is 4.23. The lowest BCUT2D eigenvalue weighted by Crippen LogP contribution is -2.42. The van der Waals surface area contributed by atoms with Crippen LogP contribution in [0.3, 0.4) is 0 Å². The third-order valence-electron chi connectivity index (χ3n) is 2.74. The summed E-state index contributed by atoms with van der Waals surface area (Å²) in [5.74, 6) is -0.282. The summed E-state index contributed by atoms with van der Waals surface area (Å²) in [6.07, 6.45) is 1.49. The molecule has 0 fully saturated rings. The molecule has 1 heterocycles. The molecule has 0 bridgehead atoms. The largest absolute Gasteiger partial charge is 0.481 e. The van der Waals surface area contributed by atoms with Gasteiger partial charge in [0.25, 0.3) is 0 Å². The van der Waals surface area contributed by atoms with E-state index in [4.69, 9.17) is 5.11 Å². The Morgan fingerprint density at radius 1 is 1.58 bits per heavy atom. The molecule has 0 aliphatic heterocycles. The average Bonchev–Trinajstić information content (AvgIpc) is 2.75. The van der Waals surface area contributed by atoms with Crippen molar-refractivity contribution in [3.05, 3.63) is 12.2 Å². The van der Waals surface area contributed by atoms with Crippen LogP contribution in [0, 0.1) is 0 Å². The van der Waals surface area contributed by atoms with Crippen LogP contribution in [0.15, 0.2) is 6.33 Å². The topological polar surface area (TPSA) is 100 Å². The quantitative estimate of drug-likeness (QED) is 0.777. The number of carbonyl (C=O) groups excluding carboxylic acids is 1. The SMILES string of the molecule is CCN(CCC(=O)O)C(=O)NC(C)c1nncn1C. The number of hydrogen-bond donors (Lipinski definition) is 2. The molecule has 106 valence electrons. The number of carboxylic acid groups (broad SMARTS) is 1. The van der Waals surface area contributed by atoms with E-state index in [0.29, 0.717) is 12.4 Å². The zero-order chi connectivity index (χ0) is 14.4. The number of nitrogens with zero attached hydrogens (tertiary/aromatic N) is 4. The molecule has 1 rings (SSSR count). The predicted octanol–water partition coefficient (Wildman–Crippen LogP) is 0.382. The number of nitrogens with one attached hydrogen (secondary N) is 1. The molecular weight excluding hydrogens is 250 g/mol. The highest BCUT2D eigenvalue weighted by Crippen LogP contribution is 2.08. The van der Waals surface area contributed by atoms with Crippen LogP contribution in [0.1, 0.15) is 32.1 Å². The van der Waals surface area contributed by atoms with Crippen molar-refractivity contribution in [2.45, 2.75) is 26.3 Å². The first-order chi connectivity index (χ1) is 8.95. The summed E-state index contributed by atoms with van der Waals surface area (Å²) in [6.45, 7) is 4.23. The minimum atomic E-state index is -0.924. The van der Waals surface area contributed by atoms with Crippen LogP contribution in [0.25, 0.3) is 0 Å². The highest BCUT2D eigenvalue weighted by molar-refractivity contribution is 5.75. The highest BCUT2D eigenvalue weighted by atomic mass is 16.4. The van der Waals surface area contributed by atoms with Crippen LogP contribution < -0.4 is 5.32 Å². The molecule has 0 aliphatic rings. The maximum atomic E-state index is 12.0. The molecule has 8 nitrogen and oxygen atoms in total. The number of hydrogen-bond acceptors (Lipinski definition) is 4. The van der Waals surface area contributed by atoms with Gasteiger partial charge in [-0.3, -0.25) is 4.79 Å². The van der Waals surface area contributed by atoms with Crippen LogP contribution >= 0.6 is 0 Å². The molecule has 0 saturated heterocycles. The molecule has 2 N–H and O–H groups in total. The normalized spacial score (nSPS) is 11.9. The first-order valence-corrected chi connectivity index (χ1v) is 6.06. The highest BCUT2D eigenvalue weighted by Gasteiger charge is 2.18. The van der Waals surface area contributed by atoms with Gasteiger partial charge in [0, 0.05) is 20.1 Å². The van der Waals surface area contributed by atoms with Crippen LogP contribution in [0.4, 0.5) is 4.79 Å². The average molecular weight is 269 g/mol. The summed E-state index contributed by atoms with van der Waals surface area (Å²) >= 11 is 0. The van der Waals surface area contributed by atoms with E-state index in [-0.39, 0.29) is 25.0 Å². The van der Waals surface area contributed by atoms with Gasteiger partial charge in [-0.25, -0.2) is 4.79 Å². The van der Waals surface area contributed by atoms with Gasteiger partial charge in [0.15, 0.2) is 5.82 Å². The first kappa shape index (κ1) is 14.9. The lowest BCUT2D eigenvalue weighted by molar-refractivity contribution is -0.137. The minimum Gasteiger partial charge on any atom is -0.481 e. The standard InChI is InChI=1S/C11H19N5O3/c1-4-16(6-5-9(17)18)11(19)13-8(2)10-14-12-7-15(10)3/h7-8H,4-6H2,1-3H3,(H,13,19)(H,17,18). The van der Waals surface area contributed by atoms with E-state index >= 15 is 0 Å². The molecule has 1 atom stereocenters. The molecule has 0 radical (unpaired) electrons. The lowest BCUT2D eigenvalue weighted by Gasteiger charge is -2.23. The van der Waals surface area contributed by atoms with Gasteiger partial charge in [-0.05, 0) is 13.8 Å². The van der Waals surface area contributed by atoms with Crippen molar-refractivity contribution in [2.24, 2.45) is 7.05 Å². The molecule has 0 spiro atoms. The van der Waals surface area contributed by atoms with Gasteiger partial charge in [0.2, 0.25) is 0 Å². The Bertz CT molecular complexity index is 445. The number of aliphatic carboxylic acids is 1. The molecule has 1 aromatic rings. The monoisotopic (exact) mass is 269 g/mol. The second-order valence-electron chi connectivity index (χ2n) is 4.19. The number of amides is 2. The fourth-order valence-electron chi connectivity index (χ4n) is 1.66. The summed E-state index contributed by atoms with van der Waals surface area (Å²) in [4.78, 5) is 23.9. The number of carbonyl (C=O) groups is 2. The van der Waals surface area contributed by atoms with Crippen molar-refractivity contribution in [2.75, 3.05) is 13.1 Å². The third-order valence-corrected chi connectivity index (χ3v) is 2.74. The molecule has 19 heavy (non-hydrogen) atoms. The molecule has 0 aromatic carbocycles. The van der Waals surface area contributed by atoms with Gasteiger partial charge in [-0.15, -0.1) is 10.2 Å². The maximum absolute atomic E-state index is 12.0. The predicted molar refractivity (Wildman–Crippen MR) is 67.4 cm³/mol. The number of urea groups is 1. The van der Waals surface area contributed by atoms with E-state index in [1.807, 2.05) is 0 Å². The van der Waals surface area contributed by atoms with E-state index in [2.05, 4.69) is 15.5 Å². The van der Waals surface area contributed by atoms with Crippen molar-refractivity contribution < 1.29 is 14.7 Å². The zero-order valence-corrected chi connectivity index (χ0v) is 11.3. The van der Waals surface area contributed by atoms with Crippen LogP contribution in [-0.4, -0.2) is 49.9 Å². The Kier molecular flexibility index (Phi) is 5.28. The van der Waals surface area contributed by atoms with Crippen LogP contribution in [-0.2, 0) is 11.8 Å². The molecule has 0 saturated carbocycles. The Hall–Kier alpha value is -2.12. The van der Waals surface area contributed by atoms with Gasteiger partial charge < -0.3 is 19.9 Å². The van der Waals surface area contributed by atoms with Crippen molar-refractivity contribution >= 4 is 12.0 Å². The fourth-order valence-corrected chi connectivity index (χ4v) is 1.66. The van der Waals surface area contributed by atoms with Crippen molar-refractivity contribution in [1.29, 1.82) is 0 Å². The second kappa shape index (κ2) is 6.72. The number of aromatic nitrogens is 3. The molecule has 8 heteroatoms. The van der Waals surface area contributed by atoms with Gasteiger partial charge in [0.1, 0.15) is 6.33 Å². The van der Waals surface area contributed by atoms with Gasteiger partial charge in [0.05, 0.1) is 12.5 Å². The smallest absolute Gasteiger partial charge is 0.317 e. The van der Waals surface area contributed by atoms with E-state index < -0.39 is 5.97 Å². The van der Waals surface area contributed by atoms with E-state index in [9.17, 15) is 9.59 Å². The van der Waals surface area contributed by atoms with E-state index in [1.54, 1.807) is 31.8 Å². The Labute approximate surface area is 111 Å². The van der Waals surface area contributed by atoms with Crippen molar-refractivity contribution in [3.8, 4) is 0 Å². The molecule has 1 unspecified atom stereocenters. The van der Waals surface area contributed by atoms with Crippen molar-refractivity contribution in [1.82, 2.24) is 25.0 Å². The summed E-state index contributed by atoms with van der Waals surface area (Å²) in [7, 11) is 1.79. The van der Waals surface area contributed by atoms with E-state index in [1.165, 1.54) is 4.90 Å². The number of rotatable bonds is 6.